The highest BCUT2D eigenvalue weighted by atomic mass is 35.5. The molecule has 25 heavy (non-hydrogen) atoms. The van der Waals surface area contributed by atoms with Crippen molar-refractivity contribution in [3.8, 4) is 11.5 Å². The fourth-order valence-corrected chi connectivity index (χ4v) is 2.99. The van der Waals surface area contributed by atoms with Crippen molar-refractivity contribution in [3.63, 3.8) is 0 Å². The lowest BCUT2D eigenvalue weighted by molar-refractivity contribution is -0.121. The van der Waals surface area contributed by atoms with Gasteiger partial charge >= 0.3 is 0 Å². The van der Waals surface area contributed by atoms with Gasteiger partial charge in [0.15, 0.2) is 11.5 Å². The van der Waals surface area contributed by atoms with E-state index in [0.717, 1.165) is 17.5 Å². The maximum atomic E-state index is 13.0. The average Bonchev–Trinajstić information content (AvgIpc) is 2.81. The van der Waals surface area contributed by atoms with Crippen LogP contribution in [-0.2, 0) is 11.2 Å². The second-order valence-corrected chi connectivity index (χ2v) is 6.38. The minimum atomic E-state index is -0.302. The first-order valence-electron chi connectivity index (χ1n) is 8.16. The quantitative estimate of drug-likeness (QED) is 0.891. The van der Waals surface area contributed by atoms with Gasteiger partial charge < -0.3 is 14.8 Å². The molecule has 0 aromatic heterocycles. The average molecular weight is 364 g/mol. The van der Waals surface area contributed by atoms with Crippen LogP contribution in [0.2, 0.25) is 5.02 Å². The van der Waals surface area contributed by atoms with E-state index in [0.29, 0.717) is 29.7 Å². The summed E-state index contributed by atoms with van der Waals surface area (Å²) in [6, 6.07) is 9.36. The number of amides is 1. The molecule has 0 saturated heterocycles. The van der Waals surface area contributed by atoms with Crippen LogP contribution >= 0.6 is 11.6 Å². The molecule has 1 unspecified atom stereocenters. The van der Waals surface area contributed by atoms with Gasteiger partial charge in [0, 0.05) is 6.42 Å². The molecule has 0 aliphatic carbocycles. The maximum absolute atomic E-state index is 13.0. The number of carbonyl (C=O) groups is 1. The Morgan fingerprint density at radius 2 is 1.96 bits per heavy atom. The Balaban J connectivity index is 1.67. The Morgan fingerprint density at radius 1 is 1.24 bits per heavy atom. The maximum Gasteiger partial charge on any atom is 0.224 e. The largest absolute Gasteiger partial charge is 0.489 e. The summed E-state index contributed by atoms with van der Waals surface area (Å²) < 4.78 is 24.2. The van der Waals surface area contributed by atoms with Gasteiger partial charge in [-0.1, -0.05) is 23.7 Å². The van der Waals surface area contributed by atoms with Crippen molar-refractivity contribution < 1.29 is 18.7 Å². The molecule has 0 fully saturated rings. The summed E-state index contributed by atoms with van der Waals surface area (Å²) in [5, 5.41) is 3.34. The van der Waals surface area contributed by atoms with Gasteiger partial charge in [-0.2, -0.15) is 0 Å². The summed E-state index contributed by atoms with van der Waals surface area (Å²) in [5.74, 6) is 0.647. The van der Waals surface area contributed by atoms with Crippen LogP contribution < -0.4 is 14.8 Å². The Labute approximate surface area is 150 Å². The van der Waals surface area contributed by atoms with E-state index in [1.54, 1.807) is 24.3 Å². The molecule has 0 radical (unpaired) electrons. The molecule has 0 saturated carbocycles. The van der Waals surface area contributed by atoms with Crippen LogP contribution in [0.1, 0.15) is 30.5 Å². The summed E-state index contributed by atoms with van der Waals surface area (Å²) in [7, 11) is 0. The third-order valence-corrected chi connectivity index (χ3v) is 4.25. The lowest BCUT2D eigenvalue weighted by Crippen LogP contribution is -2.28. The molecule has 1 aliphatic heterocycles. The van der Waals surface area contributed by atoms with Crippen molar-refractivity contribution in [2.45, 2.75) is 25.8 Å². The smallest absolute Gasteiger partial charge is 0.224 e. The minimum absolute atomic E-state index is 0.151. The molecular formula is C19H19ClFNO3. The van der Waals surface area contributed by atoms with Gasteiger partial charge in [-0.3, -0.25) is 4.79 Å². The Hall–Kier alpha value is -2.27. The topological polar surface area (TPSA) is 47.6 Å². The standard InChI is InChI=1S/C19H19ClFNO3/c1-12(14-3-5-15(21)6-4-14)22-18(23)11-13-9-16(20)19-17(10-13)24-7-2-8-25-19/h3-6,9-10,12H,2,7-8,11H2,1H3,(H,22,23). The summed E-state index contributed by atoms with van der Waals surface area (Å²) in [6.45, 7) is 2.97. The van der Waals surface area contributed by atoms with Crippen molar-refractivity contribution in [2.24, 2.45) is 0 Å². The van der Waals surface area contributed by atoms with E-state index in [-0.39, 0.29) is 24.2 Å². The van der Waals surface area contributed by atoms with Crippen LogP contribution in [0.15, 0.2) is 36.4 Å². The first-order valence-corrected chi connectivity index (χ1v) is 8.53. The third kappa shape index (κ3) is 4.42. The SMILES string of the molecule is CC(NC(=O)Cc1cc(Cl)c2c(c1)OCCCO2)c1ccc(F)cc1. The Bertz CT molecular complexity index is 764. The van der Waals surface area contributed by atoms with Crippen molar-refractivity contribution in [2.75, 3.05) is 13.2 Å². The van der Waals surface area contributed by atoms with Crippen LogP contribution in [-0.4, -0.2) is 19.1 Å². The molecule has 1 aliphatic rings. The molecule has 1 heterocycles. The number of benzene rings is 2. The van der Waals surface area contributed by atoms with Crippen molar-refractivity contribution >= 4 is 17.5 Å². The number of carbonyl (C=O) groups excluding carboxylic acids is 1. The van der Waals surface area contributed by atoms with Crippen molar-refractivity contribution in [1.29, 1.82) is 0 Å². The summed E-state index contributed by atoms with van der Waals surface area (Å²) in [6.07, 6.45) is 0.956. The number of halogens is 2. The number of fused-ring (bicyclic) bond motifs is 1. The lowest BCUT2D eigenvalue weighted by atomic mass is 10.1. The monoisotopic (exact) mass is 363 g/mol. The molecule has 1 amide bonds. The molecule has 3 rings (SSSR count). The van der Waals surface area contributed by atoms with Crippen molar-refractivity contribution in [3.05, 3.63) is 58.4 Å². The zero-order valence-corrected chi connectivity index (χ0v) is 14.6. The highest BCUT2D eigenvalue weighted by molar-refractivity contribution is 6.32. The molecule has 1 atom stereocenters. The second kappa shape index (κ2) is 7.74. The van der Waals surface area contributed by atoms with Gasteiger partial charge in [0.2, 0.25) is 5.91 Å². The first kappa shape index (κ1) is 17.5. The molecular weight excluding hydrogens is 345 g/mol. The fourth-order valence-electron chi connectivity index (χ4n) is 2.70. The summed E-state index contributed by atoms with van der Waals surface area (Å²) in [5.41, 5.74) is 1.59. The van der Waals surface area contributed by atoms with E-state index in [2.05, 4.69) is 5.32 Å². The van der Waals surface area contributed by atoms with E-state index in [1.807, 2.05) is 6.92 Å². The van der Waals surface area contributed by atoms with Crippen LogP contribution in [0.25, 0.3) is 0 Å². The number of hydrogen-bond acceptors (Lipinski definition) is 3. The van der Waals surface area contributed by atoms with E-state index >= 15 is 0 Å². The van der Waals surface area contributed by atoms with Gasteiger partial charge in [0.05, 0.1) is 30.7 Å². The molecule has 1 N–H and O–H groups in total. The van der Waals surface area contributed by atoms with Crippen LogP contribution in [0.3, 0.4) is 0 Å². The van der Waals surface area contributed by atoms with E-state index in [4.69, 9.17) is 21.1 Å². The predicted octanol–water partition coefficient (Wildman–Crippen LogP) is 4.06. The highest BCUT2D eigenvalue weighted by Crippen LogP contribution is 2.38. The molecule has 0 spiro atoms. The molecule has 2 aromatic carbocycles. The summed E-state index contributed by atoms with van der Waals surface area (Å²) >= 11 is 6.25. The molecule has 2 aromatic rings. The van der Waals surface area contributed by atoms with Crippen LogP contribution in [0.4, 0.5) is 4.39 Å². The Morgan fingerprint density at radius 3 is 2.72 bits per heavy atom. The zero-order chi connectivity index (χ0) is 17.8. The highest BCUT2D eigenvalue weighted by Gasteiger charge is 2.17. The molecule has 4 nitrogen and oxygen atoms in total. The van der Waals surface area contributed by atoms with Crippen molar-refractivity contribution in [1.82, 2.24) is 5.32 Å². The molecule has 6 heteroatoms. The second-order valence-electron chi connectivity index (χ2n) is 5.97. The normalized spacial score (nSPS) is 14.5. The van der Waals surface area contributed by atoms with E-state index < -0.39 is 0 Å². The van der Waals surface area contributed by atoms with Gasteiger partial charge in [0.25, 0.3) is 0 Å². The molecule has 0 bridgehead atoms. The van der Waals surface area contributed by atoms with Gasteiger partial charge in [0.1, 0.15) is 5.82 Å². The lowest BCUT2D eigenvalue weighted by Gasteiger charge is -2.15. The molecule has 132 valence electrons. The van der Waals surface area contributed by atoms with Gasteiger partial charge in [-0.25, -0.2) is 4.39 Å². The van der Waals surface area contributed by atoms with E-state index in [9.17, 15) is 9.18 Å². The minimum Gasteiger partial charge on any atom is -0.489 e. The fraction of sp³-hybridized carbons (Fsp3) is 0.316. The van der Waals surface area contributed by atoms with E-state index in [1.165, 1.54) is 12.1 Å². The third-order valence-electron chi connectivity index (χ3n) is 3.97. The Kier molecular flexibility index (Phi) is 5.43. The van der Waals surface area contributed by atoms with Gasteiger partial charge in [-0.15, -0.1) is 0 Å². The first-order chi connectivity index (χ1) is 12.0. The predicted molar refractivity (Wildman–Crippen MR) is 93.7 cm³/mol. The number of hydrogen-bond donors (Lipinski definition) is 1. The number of nitrogens with one attached hydrogen (secondary N) is 1. The number of rotatable bonds is 4. The van der Waals surface area contributed by atoms with Crippen LogP contribution in [0, 0.1) is 5.82 Å². The van der Waals surface area contributed by atoms with Crippen LogP contribution in [0.5, 0.6) is 11.5 Å². The number of ether oxygens (including phenoxy) is 2. The van der Waals surface area contributed by atoms with Gasteiger partial charge in [-0.05, 0) is 42.3 Å². The zero-order valence-electron chi connectivity index (χ0n) is 13.9. The summed E-state index contributed by atoms with van der Waals surface area (Å²) in [4.78, 5) is 12.3.